The summed E-state index contributed by atoms with van der Waals surface area (Å²) >= 11 is 0. The van der Waals surface area contributed by atoms with Gasteiger partial charge in [0.2, 0.25) is 11.9 Å². The minimum Gasteiger partial charge on any atom is -0.493 e. The van der Waals surface area contributed by atoms with Crippen molar-refractivity contribution in [1.29, 1.82) is 5.26 Å². The summed E-state index contributed by atoms with van der Waals surface area (Å²) in [6.07, 6.45) is 5.74. The Hall–Kier alpha value is -4.43. The molecule has 0 aliphatic carbocycles. The predicted molar refractivity (Wildman–Crippen MR) is 121 cm³/mol. The summed E-state index contributed by atoms with van der Waals surface area (Å²) in [4.78, 5) is 19.9. The number of anilines is 2. The van der Waals surface area contributed by atoms with Crippen molar-refractivity contribution in [2.75, 3.05) is 23.8 Å². The Labute approximate surface area is 190 Å². The van der Waals surface area contributed by atoms with Crippen LogP contribution in [0.2, 0.25) is 0 Å². The average molecular weight is 465 g/mol. The van der Waals surface area contributed by atoms with E-state index in [1.54, 1.807) is 30.3 Å². The number of nitrogens with zero attached hydrogens (tertiary/aromatic N) is 3. The lowest BCUT2D eigenvalue weighted by Crippen LogP contribution is -2.15. The van der Waals surface area contributed by atoms with E-state index >= 15 is 0 Å². The van der Waals surface area contributed by atoms with Crippen LogP contribution in [0.25, 0.3) is 6.08 Å². The highest BCUT2D eigenvalue weighted by atomic mass is 32.2. The molecule has 33 heavy (non-hydrogen) atoms. The van der Waals surface area contributed by atoms with Gasteiger partial charge < -0.3 is 14.8 Å². The highest BCUT2D eigenvalue weighted by Crippen LogP contribution is 2.28. The molecule has 0 spiro atoms. The molecule has 2 aromatic carbocycles. The molecule has 0 bridgehead atoms. The molecule has 0 unspecified atom stereocenters. The molecule has 0 atom stereocenters. The zero-order valence-electron chi connectivity index (χ0n) is 17.4. The zero-order chi connectivity index (χ0) is 23.7. The fraction of sp³-hybridized carbons (Fsp3) is 0.0909. The van der Waals surface area contributed by atoms with Gasteiger partial charge in [-0.05, 0) is 54.1 Å². The molecule has 0 saturated heterocycles. The third kappa shape index (κ3) is 6.52. The van der Waals surface area contributed by atoms with E-state index in [1.165, 1.54) is 49.8 Å². The van der Waals surface area contributed by atoms with E-state index in [0.717, 1.165) is 0 Å². The topological polar surface area (TPSA) is 143 Å². The standard InChI is InChI=1S/C22H19N5O5S/c1-31-20-15-16(3-9-19(20)32-14-11-23)4-10-21(28)26-17-5-7-18(8-6-17)33(29,30)27-22-24-12-2-13-25-22/h2-10,12-13,15H,14H2,1H3,(H,26,28)(H,24,25,27)/b10-4+. The summed E-state index contributed by atoms with van der Waals surface area (Å²) in [7, 11) is -2.39. The van der Waals surface area contributed by atoms with Gasteiger partial charge >= 0.3 is 0 Å². The monoisotopic (exact) mass is 465 g/mol. The van der Waals surface area contributed by atoms with Crippen LogP contribution in [0.3, 0.4) is 0 Å². The molecule has 0 aliphatic heterocycles. The number of rotatable bonds is 9. The number of amides is 1. The second-order valence-electron chi connectivity index (χ2n) is 6.38. The summed E-state index contributed by atoms with van der Waals surface area (Å²) in [5.74, 6) is 0.398. The summed E-state index contributed by atoms with van der Waals surface area (Å²) in [6.45, 7) is -0.107. The number of nitrogens with one attached hydrogen (secondary N) is 2. The summed E-state index contributed by atoms with van der Waals surface area (Å²) in [6, 6.07) is 14.1. The number of nitriles is 1. The van der Waals surface area contributed by atoms with Crippen molar-refractivity contribution in [3.63, 3.8) is 0 Å². The molecule has 0 aliphatic rings. The van der Waals surface area contributed by atoms with Crippen LogP contribution in [0.5, 0.6) is 11.5 Å². The third-order valence-electron chi connectivity index (χ3n) is 4.13. The highest BCUT2D eigenvalue weighted by molar-refractivity contribution is 7.92. The molecular weight excluding hydrogens is 446 g/mol. The van der Waals surface area contributed by atoms with E-state index in [2.05, 4.69) is 20.0 Å². The number of carbonyl (C=O) groups excluding carboxylic acids is 1. The Bertz CT molecular complexity index is 1290. The van der Waals surface area contributed by atoms with Crippen molar-refractivity contribution in [1.82, 2.24) is 9.97 Å². The van der Waals surface area contributed by atoms with Crippen molar-refractivity contribution in [2.45, 2.75) is 4.90 Å². The average Bonchev–Trinajstić information content (AvgIpc) is 2.82. The molecule has 168 valence electrons. The molecule has 3 rings (SSSR count). The lowest BCUT2D eigenvalue weighted by atomic mass is 10.2. The summed E-state index contributed by atoms with van der Waals surface area (Å²) < 4.78 is 37.6. The maximum atomic E-state index is 12.4. The van der Waals surface area contributed by atoms with E-state index in [4.69, 9.17) is 14.7 Å². The molecule has 0 radical (unpaired) electrons. The van der Waals surface area contributed by atoms with Crippen LogP contribution >= 0.6 is 0 Å². The molecule has 1 aromatic heterocycles. The van der Waals surface area contributed by atoms with Crippen molar-refractivity contribution in [2.24, 2.45) is 0 Å². The first kappa shape index (κ1) is 23.2. The second kappa shape index (κ2) is 10.7. The normalized spacial score (nSPS) is 10.9. The summed E-state index contributed by atoms with van der Waals surface area (Å²) in [5.41, 5.74) is 1.10. The molecule has 2 N–H and O–H groups in total. The van der Waals surface area contributed by atoms with Gasteiger partial charge in [-0.15, -0.1) is 0 Å². The molecule has 11 heteroatoms. The van der Waals surface area contributed by atoms with Gasteiger partial charge in [-0.2, -0.15) is 5.26 Å². The Morgan fingerprint density at radius 3 is 2.52 bits per heavy atom. The maximum Gasteiger partial charge on any atom is 0.264 e. The number of carbonyl (C=O) groups is 1. The number of benzene rings is 2. The number of sulfonamides is 1. The Kier molecular flexibility index (Phi) is 7.56. The smallest absolute Gasteiger partial charge is 0.264 e. The van der Waals surface area contributed by atoms with Crippen LogP contribution in [-0.2, 0) is 14.8 Å². The largest absolute Gasteiger partial charge is 0.493 e. The van der Waals surface area contributed by atoms with E-state index in [1.807, 2.05) is 6.07 Å². The molecule has 0 saturated carbocycles. The fourth-order valence-corrected chi connectivity index (χ4v) is 3.58. The fourth-order valence-electron chi connectivity index (χ4n) is 2.62. The van der Waals surface area contributed by atoms with E-state index in [9.17, 15) is 13.2 Å². The third-order valence-corrected chi connectivity index (χ3v) is 5.47. The SMILES string of the molecule is COc1cc(/C=C/C(=O)Nc2ccc(S(=O)(=O)Nc3ncccn3)cc2)ccc1OCC#N. The quantitative estimate of drug-likeness (QED) is 0.459. The maximum absolute atomic E-state index is 12.4. The predicted octanol–water partition coefficient (Wildman–Crippen LogP) is 2.84. The number of hydrogen-bond donors (Lipinski definition) is 2. The number of ether oxygens (including phenoxy) is 2. The number of hydrogen-bond acceptors (Lipinski definition) is 8. The van der Waals surface area contributed by atoms with Crippen molar-refractivity contribution < 1.29 is 22.7 Å². The van der Waals surface area contributed by atoms with Gasteiger partial charge in [0.25, 0.3) is 10.0 Å². The van der Waals surface area contributed by atoms with E-state index in [-0.39, 0.29) is 17.5 Å². The molecule has 3 aromatic rings. The Morgan fingerprint density at radius 2 is 1.85 bits per heavy atom. The first-order valence-electron chi connectivity index (χ1n) is 9.48. The van der Waals surface area contributed by atoms with Gasteiger partial charge in [0.05, 0.1) is 12.0 Å². The van der Waals surface area contributed by atoms with Crippen LogP contribution < -0.4 is 19.5 Å². The lowest BCUT2D eigenvalue weighted by Gasteiger charge is -2.09. The van der Waals surface area contributed by atoms with Gasteiger partial charge in [-0.25, -0.2) is 23.1 Å². The molecular formula is C22H19N5O5S. The molecule has 1 amide bonds. The minimum absolute atomic E-state index is 0.00528. The van der Waals surface area contributed by atoms with Gasteiger partial charge in [0.15, 0.2) is 18.1 Å². The lowest BCUT2D eigenvalue weighted by molar-refractivity contribution is -0.111. The summed E-state index contributed by atoms with van der Waals surface area (Å²) in [5, 5.41) is 11.3. The van der Waals surface area contributed by atoms with Crippen LogP contribution in [0.4, 0.5) is 11.6 Å². The van der Waals surface area contributed by atoms with Crippen molar-refractivity contribution in [3.05, 3.63) is 72.6 Å². The first-order chi connectivity index (χ1) is 15.9. The second-order valence-corrected chi connectivity index (χ2v) is 8.06. The van der Waals surface area contributed by atoms with Gasteiger partial charge in [-0.3, -0.25) is 4.79 Å². The highest BCUT2D eigenvalue weighted by Gasteiger charge is 2.15. The minimum atomic E-state index is -3.86. The van der Waals surface area contributed by atoms with Crippen molar-refractivity contribution in [3.8, 4) is 17.6 Å². The van der Waals surface area contributed by atoms with Crippen LogP contribution in [0.15, 0.2) is 71.9 Å². The molecule has 10 nitrogen and oxygen atoms in total. The number of aromatic nitrogens is 2. The van der Waals surface area contributed by atoms with Crippen LogP contribution in [-0.4, -0.2) is 38.0 Å². The van der Waals surface area contributed by atoms with Gasteiger partial charge in [-0.1, -0.05) is 6.07 Å². The first-order valence-corrected chi connectivity index (χ1v) is 11.0. The molecule has 0 fully saturated rings. The van der Waals surface area contributed by atoms with Gasteiger partial charge in [0, 0.05) is 24.2 Å². The van der Waals surface area contributed by atoms with Crippen molar-refractivity contribution >= 4 is 33.6 Å². The molecule has 1 heterocycles. The van der Waals surface area contributed by atoms with Gasteiger partial charge in [0.1, 0.15) is 6.07 Å². The number of methoxy groups -OCH3 is 1. The zero-order valence-corrected chi connectivity index (χ0v) is 18.2. The van der Waals surface area contributed by atoms with Crippen LogP contribution in [0.1, 0.15) is 5.56 Å². The van der Waals surface area contributed by atoms with E-state index < -0.39 is 15.9 Å². The Morgan fingerprint density at radius 1 is 1.12 bits per heavy atom. The van der Waals surface area contributed by atoms with Crippen LogP contribution in [0, 0.1) is 11.3 Å². The Balaban J connectivity index is 1.63. The van der Waals surface area contributed by atoms with E-state index in [0.29, 0.717) is 22.7 Å².